The Bertz CT molecular complexity index is 131. The van der Waals surface area contributed by atoms with Gasteiger partial charge < -0.3 is 37.4 Å². The summed E-state index contributed by atoms with van der Waals surface area (Å²) in [7, 11) is 0. The molecule has 0 bridgehead atoms. The predicted molar refractivity (Wildman–Crippen MR) is 67.7 cm³/mol. The topological polar surface area (TPSA) is 165 Å². The molecule has 96 valence electrons. The molecule has 0 radical (unpaired) electrons. The van der Waals surface area contributed by atoms with E-state index in [0.717, 1.165) is 0 Å². The van der Waals surface area contributed by atoms with Crippen LogP contribution in [0.4, 0.5) is 0 Å². The molecule has 0 unspecified atom stereocenters. The first kappa shape index (κ1) is 29.2. The summed E-state index contributed by atoms with van der Waals surface area (Å²) in [6.07, 6.45) is 0. The summed E-state index contributed by atoms with van der Waals surface area (Å²) >= 11 is 8.70. The lowest BCUT2D eigenvalue weighted by Crippen LogP contribution is -2.11. The molecule has 0 aromatic heterocycles. The van der Waals surface area contributed by atoms with Gasteiger partial charge in [-0.15, -0.1) is 0 Å². The maximum absolute atomic E-state index is 4.91. The van der Waals surface area contributed by atoms with Crippen molar-refractivity contribution >= 4 is 34.8 Å². The Morgan fingerprint density at radius 2 is 1.07 bits per heavy atom. The number of rotatable bonds is 2. The molecule has 0 aliphatic rings. The van der Waals surface area contributed by atoms with Crippen LogP contribution in [0, 0.1) is 0 Å². The van der Waals surface area contributed by atoms with Gasteiger partial charge in [0.25, 0.3) is 10.3 Å². The lowest BCUT2D eigenvalue weighted by atomic mass is 10.9. The molecule has 0 heterocycles. The van der Waals surface area contributed by atoms with Crippen LogP contribution in [0.25, 0.3) is 0 Å². The summed E-state index contributed by atoms with van der Waals surface area (Å²) in [4.78, 5) is 0. The van der Waals surface area contributed by atoms with Crippen molar-refractivity contribution in [3.05, 3.63) is 0 Å². The van der Waals surface area contributed by atoms with Crippen molar-refractivity contribution < 1.29 is 25.9 Å². The summed E-state index contributed by atoms with van der Waals surface area (Å²) < 4.78 is 9.10. The van der Waals surface area contributed by atoms with Gasteiger partial charge in [-0.25, -0.2) is 0 Å². The molecule has 0 amide bonds. The largest absolute Gasteiger partial charge is 0.472 e. The first-order chi connectivity index (χ1) is 5.54. The van der Waals surface area contributed by atoms with Crippen LogP contribution in [0.2, 0.25) is 0 Å². The van der Waals surface area contributed by atoms with Gasteiger partial charge >= 0.3 is 0 Å². The van der Waals surface area contributed by atoms with E-state index in [2.05, 4.69) is 33.9 Å². The zero-order chi connectivity index (χ0) is 9.98. The van der Waals surface area contributed by atoms with Gasteiger partial charge in [-0.3, -0.25) is 0 Å². The number of hydrogen-bond donors (Lipinski definition) is 2. The molecule has 15 heavy (non-hydrogen) atoms. The molecule has 0 spiro atoms. The zero-order valence-electron chi connectivity index (χ0n) is 8.70. The van der Waals surface area contributed by atoms with E-state index < -0.39 is 0 Å². The minimum Gasteiger partial charge on any atom is -0.472 e. The molecular weight excluding hydrogens is 244 g/mol. The highest BCUT2D eigenvalue weighted by Crippen LogP contribution is 1.68. The summed E-state index contributed by atoms with van der Waals surface area (Å²) in [6, 6.07) is 0. The molecule has 0 saturated heterocycles. The number of hydrogen-bond acceptors (Lipinski definition) is 4. The summed E-state index contributed by atoms with van der Waals surface area (Å²) in [6.45, 7) is 4.79. The molecule has 9 heteroatoms. The van der Waals surface area contributed by atoms with Crippen LogP contribution in [0.1, 0.15) is 13.8 Å². The average Bonchev–Trinajstić information content (AvgIpc) is 1.87. The smallest absolute Gasteiger partial charge is 0.253 e. The van der Waals surface area contributed by atoms with Crippen LogP contribution < -0.4 is 11.5 Å². The lowest BCUT2D eigenvalue weighted by Gasteiger charge is -1.93. The Balaban J connectivity index is -0.0000000370. The van der Waals surface area contributed by atoms with E-state index in [4.69, 9.17) is 11.5 Å². The Labute approximate surface area is 99.6 Å². The third-order valence-corrected chi connectivity index (χ3v) is 0.809. The van der Waals surface area contributed by atoms with Crippen molar-refractivity contribution in [1.29, 1.82) is 0 Å². The van der Waals surface area contributed by atoms with Gasteiger partial charge in [-0.2, -0.15) is 0 Å². The lowest BCUT2D eigenvalue weighted by molar-refractivity contribution is 0.331. The van der Waals surface area contributed by atoms with Crippen molar-refractivity contribution in [2.75, 3.05) is 13.2 Å². The van der Waals surface area contributed by atoms with Crippen LogP contribution in [-0.2, 0) is 9.47 Å². The minimum atomic E-state index is 0. The van der Waals surface area contributed by atoms with E-state index in [-0.39, 0.29) is 26.8 Å². The quantitative estimate of drug-likeness (QED) is 0.550. The molecule has 0 fully saturated rings. The van der Waals surface area contributed by atoms with Crippen LogP contribution >= 0.6 is 24.4 Å². The standard InChI is InChI=1S/2C3H7NOS.3H2O/c2*1-2-5-3(4)6;;;/h2*2H2,1H3,(H2,4,6);3*1H2. The first-order valence-corrected chi connectivity index (χ1v) is 4.20. The van der Waals surface area contributed by atoms with Gasteiger partial charge in [0.2, 0.25) is 0 Å². The van der Waals surface area contributed by atoms with E-state index in [1.807, 2.05) is 13.8 Å². The van der Waals surface area contributed by atoms with Crippen LogP contribution in [0.3, 0.4) is 0 Å². The molecule has 0 atom stereocenters. The van der Waals surface area contributed by atoms with Crippen LogP contribution in [0.5, 0.6) is 0 Å². The third-order valence-electron chi connectivity index (χ3n) is 0.573. The fourth-order valence-corrected chi connectivity index (χ4v) is 0.520. The maximum Gasteiger partial charge on any atom is 0.253 e. The second-order valence-corrected chi connectivity index (χ2v) is 2.31. The van der Waals surface area contributed by atoms with E-state index in [1.165, 1.54) is 0 Å². The second-order valence-electron chi connectivity index (χ2n) is 1.50. The van der Waals surface area contributed by atoms with Crippen molar-refractivity contribution in [3.8, 4) is 0 Å². The first-order valence-electron chi connectivity index (χ1n) is 3.39. The van der Waals surface area contributed by atoms with E-state index in [0.29, 0.717) is 13.2 Å². The molecule has 0 aromatic rings. The molecule has 10 N–H and O–H groups in total. The second kappa shape index (κ2) is 23.2. The normalized spacial score (nSPS) is 6.00. The fourth-order valence-electron chi connectivity index (χ4n) is 0.285. The Kier molecular flexibility index (Phi) is 45.3. The minimum absolute atomic E-state index is 0. The molecule has 7 nitrogen and oxygen atoms in total. The Hall–Kier alpha value is -0.740. The van der Waals surface area contributed by atoms with E-state index >= 15 is 0 Å². The van der Waals surface area contributed by atoms with Crippen molar-refractivity contribution in [2.24, 2.45) is 11.5 Å². The van der Waals surface area contributed by atoms with E-state index in [1.54, 1.807) is 0 Å². The molecule has 0 aliphatic heterocycles. The van der Waals surface area contributed by atoms with Crippen molar-refractivity contribution in [1.82, 2.24) is 0 Å². The van der Waals surface area contributed by atoms with Gasteiger partial charge in [0, 0.05) is 0 Å². The SMILES string of the molecule is CCOC(N)=S.CCOC(N)=S.O.O.O. The highest BCUT2D eigenvalue weighted by molar-refractivity contribution is 7.80. The Morgan fingerprint density at radius 1 is 0.867 bits per heavy atom. The highest BCUT2D eigenvalue weighted by atomic mass is 32.1. The molecule has 0 aromatic carbocycles. The van der Waals surface area contributed by atoms with Crippen LogP contribution in [0.15, 0.2) is 0 Å². The molecule has 0 rings (SSSR count). The van der Waals surface area contributed by atoms with Gasteiger partial charge in [0.15, 0.2) is 0 Å². The average molecular weight is 264 g/mol. The third kappa shape index (κ3) is 60.8. The summed E-state index contributed by atoms with van der Waals surface area (Å²) in [5.41, 5.74) is 9.82. The highest BCUT2D eigenvalue weighted by Gasteiger charge is 1.77. The van der Waals surface area contributed by atoms with Crippen molar-refractivity contribution in [2.45, 2.75) is 13.8 Å². The molecule has 0 saturated carbocycles. The van der Waals surface area contributed by atoms with Gasteiger partial charge in [0.1, 0.15) is 0 Å². The van der Waals surface area contributed by atoms with Crippen molar-refractivity contribution in [3.63, 3.8) is 0 Å². The monoisotopic (exact) mass is 264 g/mol. The van der Waals surface area contributed by atoms with Crippen LogP contribution in [-0.4, -0.2) is 40.0 Å². The molecular formula is C6H20N2O5S2. The van der Waals surface area contributed by atoms with Gasteiger partial charge in [-0.1, -0.05) is 0 Å². The zero-order valence-corrected chi connectivity index (χ0v) is 10.3. The predicted octanol–water partition coefficient (Wildman–Crippen LogP) is -1.94. The summed E-state index contributed by atoms with van der Waals surface area (Å²) in [5, 5.41) is 0.245. The Morgan fingerprint density at radius 3 is 1.07 bits per heavy atom. The molecule has 0 aliphatic carbocycles. The number of thiocarbonyl (C=S) groups is 2. The van der Waals surface area contributed by atoms with Gasteiger partial charge in [-0.05, 0) is 38.3 Å². The maximum atomic E-state index is 4.91. The number of ether oxygens (including phenoxy) is 2. The van der Waals surface area contributed by atoms with Gasteiger partial charge in [0.05, 0.1) is 13.2 Å². The van der Waals surface area contributed by atoms with E-state index in [9.17, 15) is 0 Å². The number of nitrogens with two attached hydrogens (primary N) is 2. The fraction of sp³-hybridized carbons (Fsp3) is 0.667. The summed E-state index contributed by atoms with van der Waals surface area (Å²) in [5.74, 6) is 0.